The normalized spacial score (nSPS) is 32.9. The Morgan fingerprint density at radius 2 is 1.90 bits per heavy atom. The average molecular weight is 393 g/mol. The van der Waals surface area contributed by atoms with Crippen LogP contribution in [0.2, 0.25) is 0 Å². The van der Waals surface area contributed by atoms with Crippen molar-refractivity contribution in [3.63, 3.8) is 0 Å². The van der Waals surface area contributed by atoms with Crippen LogP contribution in [0.15, 0.2) is 36.4 Å². The number of hydrogen-bond donors (Lipinski definition) is 2. The molecule has 5 atom stereocenters. The number of methoxy groups -OCH3 is 1. The van der Waals surface area contributed by atoms with Gasteiger partial charge >= 0.3 is 0 Å². The quantitative estimate of drug-likeness (QED) is 0.754. The van der Waals surface area contributed by atoms with Crippen LogP contribution < -0.4 is 4.74 Å². The summed E-state index contributed by atoms with van der Waals surface area (Å²) in [4.78, 5) is 0. The van der Waals surface area contributed by atoms with Crippen LogP contribution in [-0.4, -0.2) is 23.4 Å². The van der Waals surface area contributed by atoms with E-state index in [9.17, 15) is 10.2 Å². The smallest absolute Gasteiger partial charge is 0.164 e. The second-order valence-electron chi connectivity index (χ2n) is 9.70. The Bertz CT molecular complexity index is 906. The van der Waals surface area contributed by atoms with Gasteiger partial charge in [-0.3, -0.25) is 0 Å². The molecule has 2 aromatic rings. The summed E-state index contributed by atoms with van der Waals surface area (Å²) in [7, 11) is 1.67. The number of rotatable bonds is 3. The monoisotopic (exact) mass is 392 g/mol. The number of aromatic hydroxyl groups is 1. The minimum atomic E-state index is -0.145. The van der Waals surface area contributed by atoms with Crippen molar-refractivity contribution in [2.45, 2.75) is 63.9 Å². The van der Waals surface area contributed by atoms with Crippen molar-refractivity contribution >= 4 is 0 Å². The highest BCUT2D eigenvalue weighted by Crippen LogP contribution is 2.62. The van der Waals surface area contributed by atoms with Gasteiger partial charge < -0.3 is 14.9 Å². The zero-order valence-corrected chi connectivity index (χ0v) is 17.5. The molecule has 3 aliphatic carbocycles. The number of fused-ring (bicyclic) bond motifs is 5. The first-order valence-electron chi connectivity index (χ1n) is 11.2. The van der Waals surface area contributed by atoms with Gasteiger partial charge in [0.1, 0.15) is 0 Å². The third kappa shape index (κ3) is 2.89. The number of aliphatic hydroxyl groups excluding tert-OH is 1. The molecule has 0 radical (unpaired) electrons. The first-order chi connectivity index (χ1) is 14.0. The van der Waals surface area contributed by atoms with Crippen LogP contribution in [0.5, 0.6) is 11.5 Å². The van der Waals surface area contributed by atoms with Gasteiger partial charge in [0.25, 0.3) is 0 Å². The van der Waals surface area contributed by atoms with Gasteiger partial charge in [-0.25, -0.2) is 0 Å². The van der Waals surface area contributed by atoms with Crippen molar-refractivity contribution in [2.24, 2.45) is 17.3 Å². The summed E-state index contributed by atoms with van der Waals surface area (Å²) < 4.78 is 5.73. The average Bonchev–Trinajstić information content (AvgIpc) is 3.03. The first kappa shape index (κ1) is 19.0. The Kier molecular flexibility index (Phi) is 4.62. The lowest BCUT2D eigenvalue weighted by molar-refractivity contribution is -0.0227. The van der Waals surface area contributed by atoms with Crippen molar-refractivity contribution in [2.75, 3.05) is 7.11 Å². The van der Waals surface area contributed by atoms with Crippen LogP contribution >= 0.6 is 0 Å². The molecule has 0 aliphatic heterocycles. The van der Waals surface area contributed by atoms with Gasteiger partial charge in [-0.15, -0.1) is 0 Å². The SMILES string of the molecule is COc1c(O)cc2c(c1Cc1ccccc1)[C@H]1CC[C@]3(C)[C@H](O)CC[C@H]3[C@@H]1CC2. The Labute approximate surface area is 173 Å². The zero-order chi connectivity index (χ0) is 20.2. The maximum absolute atomic E-state index is 10.7. The number of ether oxygens (including phenoxy) is 1. The fourth-order valence-electron chi connectivity index (χ4n) is 6.99. The first-order valence-corrected chi connectivity index (χ1v) is 11.2. The zero-order valence-electron chi connectivity index (χ0n) is 17.5. The molecule has 2 fully saturated rings. The number of aliphatic hydroxyl groups is 1. The molecule has 2 saturated carbocycles. The van der Waals surface area contributed by atoms with Crippen molar-refractivity contribution in [3.05, 3.63) is 58.7 Å². The number of hydrogen-bond acceptors (Lipinski definition) is 3. The van der Waals surface area contributed by atoms with Gasteiger partial charge in [0, 0.05) is 12.0 Å². The summed E-state index contributed by atoms with van der Waals surface area (Å²) in [5, 5.41) is 21.4. The molecule has 0 heterocycles. The van der Waals surface area contributed by atoms with E-state index in [0.29, 0.717) is 23.5 Å². The maximum atomic E-state index is 10.7. The number of benzene rings is 2. The van der Waals surface area contributed by atoms with Crippen LogP contribution in [0.1, 0.15) is 67.2 Å². The molecule has 0 amide bonds. The molecule has 0 spiro atoms. The van der Waals surface area contributed by atoms with Crippen LogP contribution in [0.4, 0.5) is 0 Å². The Morgan fingerprint density at radius 1 is 1.10 bits per heavy atom. The fourth-order valence-corrected chi connectivity index (χ4v) is 6.99. The minimum absolute atomic E-state index is 0.0826. The molecule has 2 aromatic carbocycles. The largest absolute Gasteiger partial charge is 0.504 e. The fraction of sp³-hybridized carbons (Fsp3) is 0.538. The topological polar surface area (TPSA) is 49.7 Å². The lowest BCUT2D eigenvalue weighted by Crippen LogP contribution is -2.44. The second kappa shape index (κ2) is 7.05. The highest BCUT2D eigenvalue weighted by Gasteiger charge is 2.54. The number of phenols is 1. The van der Waals surface area contributed by atoms with E-state index >= 15 is 0 Å². The van der Waals surface area contributed by atoms with Crippen LogP contribution in [0.3, 0.4) is 0 Å². The summed E-state index contributed by atoms with van der Waals surface area (Å²) in [5.74, 6) is 2.66. The molecular formula is C26H32O3. The van der Waals surface area contributed by atoms with Crippen molar-refractivity contribution in [3.8, 4) is 11.5 Å². The maximum Gasteiger partial charge on any atom is 0.164 e. The molecule has 3 aliphatic rings. The lowest BCUT2D eigenvalue weighted by Gasteiger charge is -2.50. The minimum Gasteiger partial charge on any atom is -0.504 e. The van der Waals surface area contributed by atoms with E-state index < -0.39 is 0 Å². The van der Waals surface area contributed by atoms with Gasteiger partial charge in [0.15, 0.2) is 11.5 Å². The molecule has 0 saturated heterocycles. The molecule has 154 valence electrons. The van der Waals surface area contributed by atoms with Crippen LogP contribution in [-0.2, 0) is 12.8 Å². The van der Waals surface area contributed by atoms with E-state index in [0.717, 1.165) is 38.5 Å². The molecular weight excluding hydrogens is 360 g/mol. The molecule has 3 nitrogen and oxygen atoms in total. The van der Waals surface area contributed by atoms with Gasteiger partial charge in [0.05, 0.1) is 13.2 Å². The van der Waals surface area contributed by atoms with Crippen LogP contribution in [0, 0.1) is 17.3 Å². The highest BCUT2D eigenvalue weighted by atomic mass is 16.5. The van der Waals surface area contributed by atoms with Gasteiger partial charge in [0.2, 0.25) is 0 Å². The predicted molar refractivity (Wildman–Crippen MR) is 115 cm³/mol. The summed E-state index contributed by atoms with van der Waals surface area (Å²) in [6.45, 7) is 2.32. The second-order valence-corrected chi connectivity index (χ2v) is 9.70. The van der Waals surface area contributed by atoms with Crippen molar-refractivity contribution in [1.29, 1.82) is 0 Å². The third-order valence-electron chi connectivity index (χ3n) is 8.42. The summed E-state index contributed by atoms with van der Waals surface area (Å²) in [6.07, 6.45) is 7.14. The third-order valence-corrected chi connectivity index (χ3v) is 8.42. The molecule has 0 aromatic heterocycles. The Hall–Kier alpha value is -2.00. The van der Waals surface area contributed by atoms with Gasteiger partial charge in [-0.05, 0) is 84.5 Å². The standard InChI is InChI=1S/C26H32O3/c1-26-13-12-19-18(21(26)10-11-23(26)28)9-8-17-15-22(27)25(29-2)20(24(17)19)14-16-6-4-3-5-7-16/h3-7,15,18-19,21,23,27-28H,8-14H2,1-2H3/t18-,19+,21+,23-,26+/m1/s1. The number of aryl methyl sites for hydroxylation is 1. The molecule has 0 unspecified atom stereocenters. The molecule has 2 N–H and O–H groups in total. The predicted octanol–water partition coefficient (Wildman–Crippen LogP) is 5.21. The number of phenolic OH excluding ortho intramolecular Hbond substituents is 1. The lowest BCUT2D eigenvalue weighted by atomic mass is 9.55. The molecule has 3 heteroatoms. The van der Waals surface area contributed by atoms with E-state index in [4.69, 9.17) is 4.74 Å². The van der Waals surface area contributed by atoms with E-state index in [1.165, 1.54) is 28.7 Å². The summed E-state index contributed by atoms with van der Waals surface area (Å²) in [5.41, 5.74) is 5.24. The molecule has 0 bridgehead atoms. The Balaban J connectivity index is 1.61. The van der Waals surface area contributed by atoms with Crippen molar-refractivity contribution < 1.29 is 14.9 Å². The van der Waals surface area contributed by atoms with Gasteiger partial charge in [-0.1, -0.05) is 37.3 Å². The van der Waals surface area contributed by atoms with E-state index in [1.54, 1.807) is 7.11 Å². The molecule has 5 rings (SSSR count). The van der Waals surface area contributed by atoms with Crippen molar-refractivity contribution in [1.82, 2.24) is 0 Å². The van der Waals surface area contributed by atoms with E-state index in [-0.39, 0.29) is 17.3 Å². The molecule has 29 heavy (non-hydrogen) atoms. The highest BCUT2D eigenvalue weighted by molar-refractivity contribution is 5.57. The Morgan fingerprint density at radius 3 is 2.66 bits per heavy atom. The van der Waals surface area contributed by atoms with E-state index in [2.05, 4.69) is 31.2 Å². The summed E-state index contributed by atoms with van der Waals surface area (Å²) >= 11 is 0. The summed E-state index contributed by atoms with van der Waals surface area (Å²) in [6, 6.07) is 12.5. The van der Waals surface area contributed by atoms with Crippen LogP contribution in [0.25, 0.3) is 0 Å². The van der Waals surface area contributed by atoms with Gasteiger partial charge in [-0.2, -0.15) is 0 Å². The van der Waals surface area contributed by atoms with E-state index in [1.807, 2.05) is 12.1 Å².